The Balaban J connectivity index is 1.36. The fraction of sp³-hybridized carbons (Fsp3) is 0.519. The predicted molar refractivity (Wildman–Crippen MR) is 139 cm³/mol. The van der Waals surface area contributed by atoms with Crippen LogP contribution in [-0.2, 0) is 14.9 Å². The van der Waals surface area contributed by atoms with E-state index in [1.165, 1.54) is 20.2 Å². The molecule has 37 heavy (non-hydrogen) atoms. The molecule has 1 saturated carbocycles. The number of likely N-dealkylation sites (tertiary alicyclic amines) is 1. The molecule has 1 heterocycles. The first-order valence-corrected chi connectivity index (χ1v) is 14.2. The number of benzene rings is 2. The van der Waals surface area contributed by atoms with Crippen LogP contribution in [0.25, 0.3) is 0 Å². The minimum absolute atomic E-state index is 0.0440. The third-order valence-corrected chi connectivity index (χ3v) is 8.82. The molecule has 0 bridgehead atoms. The van der Waals surface area contributed by atoms with E-state index in [1.54, 1.807) is 41.3 Å². The lowest BCUT2D eigenvalue weighted by atomic mass is 9.82. The summed E-state index contributed by atoms with van der Waals surface area (Å²) < 4.78 is 54.4. The smallest absolute Gasteiger partial charge is 0.410 e. The molecule has 0 aromatic heterocycles. The van der Waals surface area contributed by atoms with Gasteiger partial charge in [0, 0.05) is 39.1 Å². The molecule has 2 atom stereocenters. The summed E-state index contributed by atoms with van der Waals surface area (Å²) in [6, 6.07) is 15.3. The van der Waals surface area contributed by atoms with Crippen molar-refractivity contribution in [1.29, 1.82) is 0 Å². The summed E-state index contributed by atoms with van der Waals surface area (Å²) >= 11 is 0. The molecule has 2 aliphatic rings. The zero-order valence-corrected chi connectivity index (χ0v) is 22.2. The lowest BCUT2D eigenvalue weighted by Gasteiger charge is -2.39. The Kier molecular flexibility index (Phi) is 9.17. The van der Waals surface area contributed by atoms with Crippen molar-refractivity contribution in [2.24, 2.45) is 5.92 Å². The van der Waals surface area contributed by atoms with Crippen LogP contribution in [0, 0.1) is 11.7 Å². The molecular weight excluding hydrogens is 497 g/mol. The Hall–Kier alpha value is -2.53. The fourth-order valence-corrected chi connectivity index (χ4v) is 5.96. The average Bonchev–Trinajstić information content (AvgIpc) is 2.88. The van der Waals surface area contributed by atoms with Crippen LogP contribution < -0.4 is 9.46 Å². The van der Waals surface area contributed by atoms with E-state index in [1.807, 2.05) is 12.1 Å². The molecule has 1 aliphatic carbocycles. The highest BCUT2D eigenvalue weighted by molar-refractivity contribution is 7.87. The van der Waals surface area contributed by atoms with Gasteiger partial charge >= 0.3 is 6.09 Å². The summed E-state index contributed by atoms with van der Waals surface area (Å²) in [4.78, 5) is 14.4. The quantitative estimate of drug-likeness (QED) is 0.551. The molecule has 202 valence electrons. The Morgan fingerprint density at radius 3 is 2.46 bits per heavy atom. The minimum atomic E-state index is -3.64. The highest BCUT2D eigenvalue weighted by Gasteiger charge is 2.36. The second-order valence-electron chi connectivity index (χ2n) is 10.0. The maximum Gasteiger partial charge on any atom is 0.415 e. The second kappa shape index (κ2) is 12.3. The third-order valence-electron chi connectivity index (χ3n) is 7.26. The number of carbonyl (C=O) groups is 1. The lowest BCUT2D eigenvalue weighted by molar-refractivity contribution is -0.0146. The average molecular weight is 534 g/mol. The van der Waals surface area contributed by atoms with Crippen LogP contribution in [0.4, 0.5) is 9.18 Å². The van der Waals surface area contributed by atoms with E-state index in [4.69, 9.17) is 9.47 Å². The number of nitrogens with one attached hydrogen (secondary N) is 1. The molecular formula is C27H36FN3O5S. The Morgan fingerprint density at radius 1 is 1.05 bits per heavy atom. The zero-order valence-electron chi connectivity index (χ0n) is 21.4. The molecule has 1 saturated heterocycles. The molecule has 2 fully saturated rings. The van der Waals surface area contributed by atoms with E-state index < -0.39 is 16.3 Å². The highest BCUT2D eigenvalue weighted by atomic mass is 32.2. The van der Waals surface area contributed by atoms with Crippen molar-refractivity contribution < 1.29 is 27.1 Å². The molecule has 10 heteroatoms. The molecule has 8 nitrogen and oxygen atoms in total. The monoisotopic (exact) mass is 533 g/mol. The minimum Gasteiger partial charge on any atom is -0.410 e. The van der Waals surface area contributed by atoms with E-state index in [0.717, 1.165) is 35.6 Å². The largest absolute Gasteiger partial charge is 0.415 e. The topological polar surface area (TPSA) is 88.2 Å². The van der Waals surface area contributed by atoms with Crippen molar-refractivity contribution in [2.75, 3.05) is 33.8 Å². The van der Waals surface area contributed by atoms with Crippen molar-refractivity contribution in [2.45, 2.75) is 50.2 Å². The van der Waals surface area contributed by atoms with Crippen molar-refractivity contribution >= 4 is 16.3 Å². The van der Waals surface area contributed by atoms with E-state index >= 15 is 0 Å². The second-order valence-corrected chi connectivity index (χ2v) is 12.0. The fourth-order valence-electron chi connectivity index (χ4n) is 5.06. The van der Waals surface area contributed by atoms with Gasteiger partial charge in [-0.15, -0.1) is 0 Å². The van der Waals surface area contributed by atoms with Crippen molar-refractivity contribution in [1.82, 2.24) is 13.9 Å². The van der Waals surface area contributed by atoms with Crippen molar-refractivity contribution in [3.8, 4) is 5.75 Å². The van der Waals surface area contributed by atoms with Crippen LogP contribution in [0.1, 0.15) is 43.6 Å². The molecule has 4 rings (SSSR count). The maximum atomic E-state index is 13.6. The molecule has 1 aliphatic heterocycles. The summed E-state index contributed by atoms with van der Waals surface area (Å²) in [6.07, 6.45) is 3.56. The number of amides is 1. The SMILES string of the molecule is CN(C)S(=O)(=O)NC1CCN(C(=O)Oc2ccccc2)C[C@H]1COC1CCC(c2cccc(F)c2)CC1. The normalized spacial score (nSPS) is 24.7. The highest BCUT2D eigenvalue weighted by Crippen LogP contribution is 2.34. The number of hydrogen-bond acceptors (Lipinski definition) is 5. The van der Waals surface area contributed by atoms with Gasteiger partial charge in [-0.05, 0) is 67.9 Å². The van der Waals surface area contributed by atoms with Gasteiger partial charge in [-0.25, -0.2) is 9.18 Å². The molecule has 0 radical (unpaired) electrons. The van der Waals surface area contributed by atoms with E-state index in [9.17, 15) is 17.6 Å². The zero-order chi connectivity index (χ0) is 26.4. The van der Waals surface area contributed by atoms with Crippen molar-refractivity contribution in [3.05, 3.63) is 66.0 Å². The number of para-hydroxylation sites is 1. The Morgan fingerprint density at radius 2 is 1.78 bits per heavy atom. The van der Waals surface area contributed by atoms with E-state index in [2.05, 4.69) is 4.72 Å². The van der Waals surface area contributed by atoms with E-state index in [0.29, 0.717) is 37.8 Å². The molecule has 1 amide bonds. The number of halogens is 1. The number of carbonyl (C=O) groups excluding carboxylic acids is 1. The van der Waals surface area contributed by atoms with Gasteiger partial charge in [0.05, 0.1) is 12.7 Å². The number of hydrogen-bond donors (Lipinski definition) is 1. The van der Waals surface area contributed by atoms with Gasteiger partial charge in [-0.1, -0.05) is 30.3 Å². The summed E-state index contributed by atoms with van der Waals surface area (Å²) in [5.74, 6) is 0.335. The molecule has 0 spiro atoms. The number of piperidine rings is 1. The third kappa shape index (κ3) is 7.50. The van der Waals surface area contributed by atoms with Crippen LogP contribution >= 0.6 is 0 Å². The molecule has 2 aromatic rings. The number of rotatable bonds is 8. The van der Waals surface area contributed by atoms with Crippen molar-refractivity contribution in [3.63, 3.8) is 0 Å². The first-order valence-electron chi connectivity index (χ1n) is 12.8. The van der Waals surface area contributed by atoms with Crippen LogP contribution in [0.2, 0.25) is 0 Å². The van der Waals surface area contributed by atoms with Crippen LogP contribution in [0.15, 0.2) is 54.6 Å². The molecule has 2 aromatic carbocycles. The molecule has 1 N–H and O–H groups in total. The number of ether oxygens (including phenoxy) is 2. The maximum absolute atomic E-state index is 13.6. The first-order chi connectivity index (χ1) is 17.7. The summed E-state index contributed by atoms with van der Waals surface area (Å²) in [6.45, 7) is 1.03. The van der Waals surface area contributed by atoms with Gasteiger partial charge in [0.15, 0.2) is 0 Å². The van der Waals surface area contributed by atoms with Gasteiger partial charge in [0.2, 0.25) is 0 Å². The Labute approximate surface area is 218 Å². The summed E-state index contributed by atoms with van der Waals surface area (Å²) in [5, 5.41) is 0. The molecule has 1 unspecified atom stereocenters. The standard InChI is InChI=1S/C27H36FN3O5S/c1-30(2)37(33,34)29-26-15-16-31(27(32)36-25-9-4-3-5-10-25)18-22(26)19-35-24-13-11-20(12-14-24)21-7-6-8-23(28)17-21/h3-10,17,20,22,24,26,29H,11-16,18-19H2,1-2H3/t20?,22-,24?,26?/m0/s1. The predicted octanol–water partition coefficient (Wildman–Crippen LogP) is 4.15. The van der Waals surface area contributed by atoms with Gasteiger partial charge < -0.3 is 14.4 Å². The summed E-state index contributed by atoms with van der Waals surface area (Å²) in [7, 11) is -0.672. The van der Waals surface area contributed by atoms with E-state index in [-0.39, 0.29) is 23.9 Å². The van der Waals surface area contributed by atoms with Crippen LogP contribution in [-0.4, -0.2) is 69.7 Å². The van der Waals surface area contributed by atoms with Gasteiger partial charge in [-0.3, -0.25) is 0 Å². The van der Waals surface area contributed by atoms with Gasteiger partial charge in [0.25, 0.3) is 10.2 Å². The lowest BCUT2D eigenvalue weighted by Crippen LogP contribution is -2.55. The van der Waals surface area contributed by atoms with Gasteiger partial charge in [0.1, 0.15) is 11.6 Å². The van der Waals surface area contributed by atoms with Gasteiger partial charge in [-0.2, -0.15) is 17.4 Å². The first kappa shape index (κ1) is 27.5. The summed E-state index contributed by atoms with van der Waals surface area (Å²) in [5.41, 5.74) is 1.02. The van der Waals surface area contributed by atoms with Crippen LogP contribution in [0.5, 0.6) is 5.75 Å². The van der Waals surface area contributed by atoms with Crippen LogP contribution in [0.3, 0.4) is 0 Å². The Bertz CT molecular complexity index is 1140. The number of nitrogens with zero attached hydrogens (tertiary/aromatic N) is 2.